The van der Waals surface area contributed by atoms with Crippen molar-refractivity contribution >= 4 is 5.94 Å². The van der Waals surface area contributed by atoms with Gasteiger partial charge < -0.3 is 4.98 Å². The molecule has 1 aliphatic heterocycles. The first-order valence-electron chi connectivity index (χ1n) is 7.67. The summed E-state index contributed by atoms with van der Waals surface area (Å²) in [7, 11) is 0. The summed E-state index contributed by atoms with van der Waals surface area (Å²) in [6, 6.07) is 0. The predicted octanol–water partition coefficient (Wildman–Crippen LogP) is 2.89. The van der Waals surface area contributed by atoms with E-state index in [1.165, 1.54) is 0 Å². The first kappa shape index (κ1) is 15.8. The molecule has 0 aliphatic carbocycles. The summed E-state index contributed by atoms with van der Waals surface area (Å²) in [5, 5.41) is 1.73. The van der Waals surface area contributed by atoms with E-state index in [0.29, 0.717) is 11.6 Å². The first-order valence-corrected chi connectivity index (χ1v) is 7.67. The summed E-state index contributed by atoms with van der Waals surface area (Å²) in [5.74, 6) is 3.63. The molecule has 0 bridgehead atoms. The number of nitrogens with zero attached hydrogens (tertiary/aromatic N) is 2. The second kappa shape index (κ2) is 6.92. The van der Waals surface area contributed by atoms with Gasteiger partial charge in [-0.25, -0.2) is 14.8 Å². The van der Waals surface area contributed by atoms with Gasteiger partial charge in [0.15, 0.2) is 0 Å². The third kappa shape index (κ3) is 5.03. The molecule has 5 heteroatoms. The number of nitrogens with one attached hydrogen (secondary N) is 1. The number of rotatable bonds is 5. The lowest BCUT2D eigenvalue weighted by Gasteiger charge is -2.37. The van der Waals surface area contributed by atoms with Crippen molar-refractivity contribution in [3.63, 3.8) is 0 Å². The largest absolute Gasteiger partial charge is 0.349 e. The maximum atomic E-state index is 11.2. The fourth-order valence-corrected chi connectivity index (χ4v) is 2.68. The van der Waals surface area contributed by atoms with Crippen LogP contribution in [0, 0.1) is 5.92 Å². The van der Waals surface area contributed by atoms with E-state index in [4.69, 9.17) is 4.84 Å². The molecule has 1 saturated heterocycles. The molecule has 0 spiro atoms. The van der Waals surface area contributed by atoms with Gasteiger partial charge in [0.25, 0.3) is 0 Å². The molecule has 0 saturated carbocycles. The summed E-state index contributed by atoms with van der Waals surface area (Å²) in [4.78, 5) is 24.3. The van der Waals surface area contributed by atoms with Crippen LogP contribution in [0.3, 0.4) is 0 Å². The molecule has 1 atom stereocenters. The van der Waals surface area contributed by atoms with Gasteiger partial charge in [-0.1, -0.05) is 0 Å². The molecule has 1 unspecified atom stereocenters. The standard InChI is InChI=1S/C16H25N3O2/c1-16(2,3)21-19-10-7-13(11-14(19)12-20)5-4-6-15-17-8-9-18-15/h8-9,13H,4-7,10-11H2,1-3H3,(H,17,18). The van der Waals surface area contributed by atoms with Crippen molar-refractivity contribution in [2.45, 2.75) is 58.5 Å². The second-order valence-corrected chi connectivity index (χ2v) is 6.64. The molecule has 5 nitrogen and oxygen atoms in total. The van der Waals surface area contributed by atoms with E-state index in [2.05, 4.69) is 15.9 Å². The Morgan fingerprint density at radius 2 is 2.33 bits per heavy atom. The first-order chi connectivity index (χ1) is 9.98. The van der Waals surface area contributed by atoms with Crippen LogP contribution in [0.15, 0.2) is 18.1 Å². The summed E-state index contributed by atoms with van der Waals surface area (Å²) >= 11 is 0. The Morgan fingerprint density at radius 1 is 1.52 bits per heavy atom. The highest BCUT2D eigenvalue weighted by molar-refractivity contribution is 5.51. The van der Waals surface area contributed by atoms with Crippen LogP contribution in [0.5, 0.6) is 0 Å². The van der Waals surface area contributed by atoms with E-state index in [-0.39, 0.29) is 5.60 Å². The van der Waals surface area contributed by atoms with E-state index in [9.17, 15) is 4.79 Å². The molecule has 2 heterocycles. The average Bonchev–Trinajstić information content (AvgIpc) is 2.92. The molecule has 0 amide bonds. The molecular formula is C16H25N3O2. The van der Waals surface area contributed by atoms with Gasteiger partial charge in [0, 0.05) is 31.8 Å². The Bertz CT molecular complexity index is 484. The van der Waals surface area contributed by atoms with Crippen molar-refractivity contribution in [1.82, 2.24) is 15.0 Å². The van der Waals surface area contributed by atoms with Gasteiger partial charge in [0.2, 0.25) is 0 Å². The molecule has 0 aromatic carbocycles. The highest BCUT2D eigenvalue weighted by Gasteiger charge is 2.27. The molecule has 1 aliphatic rings. The topological polar surface area (TPSA) is 58.2 Å². The number of allylic oxidation sites excluding steroid dienone is 1. The van der Waals surface area contributed by atoms with E-state index in [0.717, 1.165) is 44.5 Å². The monoisotopic (exact) mass is 291 g/mol. The third-order valence-corrected chi connectivity index (χ3v) is 3.61. The van der Waals surface area contributed by atoms with Gasteiger partial charge in [-0.15, -0.1) is 0 Å². The Kier molecular flexibility index (Phi) is 5.21. The molecule has 21 heavy (non-hydrogen) atoms. The van der Waals surface area contributed by atoms with E-state index in [1.54, 1.807) is 11.3 Å². The smallest absolute Gasteiger partial charge is 0.148 e. The zero-order valence-electron chi connectivity index (χ0n) is 13.2. The number of aromatic amines is 1. The Hall–Kier alpha value is -1.58. The summed E-state index contributed by atoms with van der Waals surface area (Å²) in [6.07, 6.45) is 8.61. The van der Waals surface area contributed by atoms with Gasteiger partial charge in [0.05, 0.1) is 5.60 Å². The number of carbonyl (C=O) groups excluding carboxylic acids is 1. The van der Waals surface area contributed by atoms with Crippen LogP contribution in [0.25, 0.3) is 0 Å². The zero-order valence-corrected chi connectivity index (χ0v) is 13.2. The van der Waals surface area contributed by atoms with E-state index in [1.807, 2.05) is 27.0 Å². The number of H-pyrrole nitrogens is 1. The maximum absolute atomic E-state index is 11.2. The van der Waals surface area contributed by atoms with Crippen LogP contribution in [-0.2, 0) is 16.1 Å². The Morgan fingerprint density at radius 3 is 2.95 bits per heavy atom. The number of hydroxylamine groups is 2. The molecule has 1 aromatic heterocycles. The van der Waals surface area contributed by atoms with Crippen LogP contribution in [-0.4, -0.2) is 33.1 Å². The van der Waals surface area contributed by atoms with Gasteiger partial charge in [-0.3, -0.25) is 4.84 Å². The minimum atomic E-state index is -0.284. The fraction of sp³-hybridized carbons (Fsp3) is 0.688. The SMILES string of the molecule is CC(C)(C)ON1CCC(CCCc2ncc[nH]2)CC1=C=O. The van der Waals surface area contributed by atoms with E-state index < -0.39 is 0 Å². The van der Waals surface area contributed by atoms with Crippen LogP contribution in [0.4, 0.5) is 0 Å². The van der Waals surface area contributed by atoms with Gasteiger partial charge in [0.1, 0.15) is 17.5 Å². The van der Waals surface area contributed by atoms with Gasteiger partial charge in [-0.05, 0) is 46.0 Å². The number of aryl methyl sites for hydroxylation is 1. The second-order valence-electron chi connectivity index (χ2n) is 6.64. The van der Waals surface area contributed by atoms with Crippen molar-refractivity contribution in [1.29, 1.82) is 0 Å². The van der Waals surface area contributed by atoms with Crippen molar-refractivity contribution in [3.8, 4) is 0 Å². The Labute approximate surface area is 126 Å². The minimum Gasteiger partial charge on any atom is -0.349 e. The van der Waals surface area contributed by atoms with Crippen LogP contribution >= 0.6 is 0 Å². The summed E-state index contributed by atoms with van der Waals surface area (Å²) in [6.45, 7) is 6.74. The van der Waals surface area contributed by atoms with Crippen molar-refractivity contribution in [3.05, 3.63) is 23.9 Å². The molecule has 1 aromatic rings. The van der Waals surface area contributed by atoms with Crippen molar-refractivity contribution in [2.24, 2.45) is 5.92 Å². The van der Waals surface area contributed by atoms with Crippen LogP contribution < -0.4 is 0 Å². The summed E-state index contributed by atoms with van der Waals surface area (Å²) < 4.78 is 0. The van der Waals surface area contributed by atoms with Gasteiger partial charge in [-0.2, -0.15) is 0 Å². The number of hydrogen-bond acceptors (Lipinski definition) is 4. The summed E-state index contributed by atoms with van der Waals surface area (Å²) in [5.41, 5.74) is 0.369. The number of piperidine rings is 1. The lowest BCUT2D eigenvalue weighted by atomic mass is 9.90. The number of hydrogen-bond donors (Lipinski definition) is 1. The van der Waals surface area contributed by atoms with Crippen molar-refractivity contribution < 1.29 is 9.63 Å². The Balaban J connectivity index is 1.79. The highest BCUT2D eigenvalue weighted by Crippen LogP contribution is 2.30. The van der Waals surface area contributed by atoms with Gasteiger partial charge >= 0.3 is 0 Å². The average molecular weight is 291 g/mol. The number of imidazole rings is 1. The molecule has 0 radical (unpaired) electrons. The highest BCUT2D eigenvalue weighted by atomic mass is 16.7. The van der Waals surface area contributed by atoms with E-state index >= 15 is 0 Å². The van der Waals surface area contributed by atoms with Crippen LogP contribution in [0.2, 0.25) is 0 Å². The number of aromatic nitrogens is 2. The zero-order chi connectivity index (χ0) is 15.3. The normalized spacial score (nSPS) is 19.7. The third-order valence-electron chi connectivity index (χ3n) is 3.61. The van der Waals surface area contributed by atoms with Crippen LogP contribution in [0.1, 0.15) is 52.3 Å². The molecule has 2 rings (SSSR count). The molecule has 1 N–H and O–H groups in total. The lowest BCUT2D eigenvalue weighted by molar-refractivity contribution is -0.215. The molecule has 116 valence electrons. The fourth-order valence-electron chi connectivity index (χ4n) is 2.68. The molecule has 1 fully saturated rings. The quantitative estimate of drug-likeness (QED) is 0.847. The maximum Gasteiger partial charge on any atom is 0.148 e. The lowest BCUT2D eigenvalue weighted by Crippen LogP contribution is -2.38. The molecular weight excluding hydrogens is 266 g/mol. The van der Waals surface area contributed by atoms with Crippen molar-refractivity contribution in [2.75, 3.05) is 6.54 Å². The minimum absolute atomic E-state index is 0.284. The predicted molar refractivity (Wildman–Crippen MR) is 81.0 cm³/mol.